The number of nitrogens with one attached hydrogen (secondary N) is 1. The third-order valence-electron chi connectivity index (χ3n) is 3.90. The third-order valence-corrected chi connectivity index (χ3v) is 3.90. The van der Waals surface area contributed by atoms with Gasteiger partial charge in [0, 0.05) is 12.6 Å². The smallest absolute Gasteiger partial charge is 0.126 e. The van der Waals surface area contributed by atoms with E-state index in [1.807, 2.05) is 12.1 Å². The molecule has 0 amide bonds. The predicted molar refractivity (Wildman–Crippen MR) is 80.3 cm³/mol. The van der Waals surface area contributed by atoms with Crippen LogP contribution in [0.4, 0.5) is 4.39 Å². The molecule has 2 nitrogen and oxygen atoms in total. The SMILES string of the molecule is CC(C)NCC(Cc1ccccc1F)CC1CCCO1. The second kappa shape index (κ2) is 7.75. The van der Waals surface area contributed by atoms with Gasteiger partial charge in [-0.15, -0.1) is 0 Å². The van der Waals surface area contributed by atoms with Gasteiger partial charge < -0.3 is 10.1 Å². The zero-order valence-corrected chi connectivity index (χ0v) is 12.6. The van der Waals surface area contributed by atoms with Gasteiger partial charge in [0.2, 0.25) is 0 Å². The molecule has 1 aliphatic rings. The molecule has 2 rings (SSSR count). The van der Waals surface area contributed by atoms with Gasteiger partial charge in [-0.05, 0) is 49.8 Å². The molecule has 0 aliphatic carbocycles. The molecule has 0 bridgehead atoms. The van der Waals surface area contributed by atoms with Crippen LogP contribution in [-0.4, -0.2) is 25.3 Å². The summed E-state index contributed by atoms with van der Waals surface area (Å²) in [6, 6.07) is 7.57. The van der Waals surface area contributed by atoms with E-state index in [1.165, 1.54) is 0 Å². The number of hydrogen-bond donors (Lipinski definition) is 1. The quantitative estimate of drug-likeness (QED) is 0.824. The molecule has 1 aromatic carbocycles. The van der Waals surface area contributed by atoms with Crippen LogP contribution < -0.4 is 5.32 Å². The van der Waals surface area contributed by atoms with E-state index in [9.17, 15) is 4.39 Å². The van der Waals surface area contributed by atoms with E-state index in [4.69, 9.17) is 4.74 Å². The molecule has 0 saturated carbocycles. The van der Waals surface area contributed by atoms with Crippen LogP contribution in [0.2, 0.25) is 0 Å². The van der Waals surface area contributed by atoms with Crippen molar-refractivity contribution in [3.05, 3.63) is 35.6 Å². The molecular weight excluding hydrogens is 253 g/mol. The lowest BCUT2D eigenvalue weighted by molar-refractivity contribution is 0.0888. The standard InChI is InChI=1S/C17H26FNO/c1-13(2)19-12-14(11-16-7-5-9-20-16)10-15-6-3-4-8-17(15)18/h3-4,6,8,13-14,16,19H,5,7,9-12H2,1-2H3. The van der Waals surface area contributed by atoms with Gasteiger partial charge in [-0.2, -0.15) is 0 Å². The zero-order chi connectivity index (χ0) is 14.4. The minimum atomic E-state index is -0.0885. The van der Waals surface area contributed by atoms with Crippen LogP contribution in [-0.2, 0) is 11.2 Å². The summed E-state index contributed by atoms with van der Waals surface area (Å²) in [5.41, 5.74) is 0.820. The van der Waals surface area contributed by atoms with Crippen molar-refractivity contribution in [1.29, 1.82) is 0 Å². The first-order valence-electron chi connectivity index (χ1n) is 7.73. The fourth-order valence-electron chi connectivity index (χ4n) is 2.82. The van der Waals surface area contributed by atoms with Crippen molar-refractivity contribution in [3.8, 4) is 0 Å². The van der Waals surface area contributed by atoms with Gasteiger partial charge >= 0.3 is 0 Å². The maximum atomic E-state index is 13.8. The molecule has 1 N–H and O–H groups in total. The van der Waals surface area contributed by atoms with Crippen molar-refractivity contribution in [1.82, 2.24) is 5.32 Å². The summed E-state index contributed by atoms with van der Waals surface area (Å²) in [7, 11) is 0. The molecular formula is C17H26FNO. The van der Waals surface area contributed by atoms with E-state index < -0.39 is 0 Å². The Morgan fingerprint density at radius 3 is 2.80 bits per heavy atom. The van der Waals surface area contributed by atoms with Gasteiger partial charge in [0.15, 0.2) is 0 Å². The molecule has 20 heavy (non-hydrogen) atoms. The highest BCUT2D eigenvalue weighted by molar-refractivity contribution is 5.18. The van der Waals surface area contributed by atoms with Gasteiger partial charge in [0.1, 0.15) is 5.82 Å². The number of hydrogen-bond acceptors (Lipinski definition) is 2. The first kappa shape index (κ1) is 15.5. The van der Waals surface area contributed by atoms with Crippen LogP contribution in [0.1, 0.15) is 38.7 Å². The van der Waals surface area contributed by atoms with Crippen LogP contribution >= 0.6 is 0 Å². The Bertz CT molecular complexity index is 402. The van der Waals surface area contributed by atoms with Gasteiger partial charge in [0.05, 0.1) is 6.10 Å². The van der Waals surface area contributed by atoms with Crippen molar-refractivity contribution in [2.75, 3.05) is 13.2 Å². The normalized spacial score (nSPS) is 20.5. The van der Waals surface area contributed by atoms with Crippen LogP contribution in [0.25, 0.3) is 0 Å². The van der Waals surface area contributed by atoms with Crippen molar-refractivity contribution >= 4 is 0 Å². The van der Waals surface area contributed by atoms with E-state index in [2.05, 4.69) is 19.2 Å². The number of benzene rings is 1. The summed E-state index contributed by atoms with van der Waals surface area (Å²) in [5.74, 6) is 0.340. The molecule has 1 fully saturated rings. The monoisotopic (exact) mass is 279 g/mol. The maximum Gasteiger partial charge on any atom is 0.126 e. The summed E-state index contributed by atoms with van der Waals surface area (Å²) in [6.07, 6.45) is 4.48. The summed E-state index contributed by atoms with van der Waals surface area (Å²) in [4.78, 5) is 0. The van der Waals surface area contributed by atoms with Gasteiger partial charge in [-0.1, -0.05) is 32.0 Å². The van der Waals surface area contributed by atoms with Crippen LogP contribution in [0.3, 0.4) is 0 Å². The first-order valence-corrected chi connectivity index (χ1v) is 7.73. The summed E-state index contributed by atoms with van der Waals surface area (Å²) in [5, 5.41) is 3.48. The number of rotatable bonds is 7. The van der Waals surface area contributed by atoms with Crippen LogP contribution in [0.5, 0.6) is 0 Å². The number of ether oxygens (including phenoxy) is 1. The Balaban J connectivity index is 1.95. The van der Waals surface area contributed by atoms with Crippen molar-refractivity contribution in [2.24, 2.45) is 5.92 Å². The van der Waals surface area contributed by atoms with Gasteiger partial charge in [0.25, 0.3) is 0 Å². The second-order valence-corrected chi connectivity index (χ2v) is 6.10. The first-order chi connectivity index (χ1) is 9.65. The minimum absolute atomic E-state index is 0.0885. The molecule has 1 heterocycles. The Hall–Kier alpha value is -0.930. The van der Waals surface area contributed by atoms with E-state index in [0.29, 0.717) is 18.1 Å². The van der Waals surface area contributed by atoms with E-state index in [1.54, 1.807) is 12.1 Å². The summed E-state index contributed by atoms with van der Waals surface area (Å²) < 4.78 is 19.5. The lowest BCUT2D eigenvalue weighted by Gasteiger charge is -2.22. The predicted octanol–water partition coefficient (Wildman–Crippen LogP) is 3.55. The molecule has 3 heteroatoms. The van der Waals surface area contributed by atoms with E-state index in [-0.39, 0.29) is 5.82 Å². The summed E-state index contributed by atoms with van der Waals surface area (Å²) >= 11 is 0. The average Bonchev–Trinajstić information content (AvgIpc) is 2.91. The fourth-order valence-corrected chi connectivity index (χ4v) is 2.82. The van der Waals surface area contributed by atoms with Crippen molar-refractivity contribution in [3.63, 3.8) is 0 Å². The fraction of sp³-hybridized carbons (Fsp3) is 0.647. The van der Waals surface area contributed by atoms with E-state index in [0.717, 1.165) is 44.4 Å². The molecule has 2 atom stereocenters. The minimum Gasteiger partial charge on any atom is -0.378 e. The Morgan fingerprint density at radius 1 is 1.35 bits per heavy atom. The molecule has 1 saturated heterocycles. The lowest BCUT2D eigenvalue weighted by Crippen LogP contribution is -2.32. The Morgan fingerprint density at radius 2 is 2.15 bits per heavy atom. The van der Waals surface area contributed by atoms with Crippen molar-refractivity contribution < 1.29 is 9.13 Å². The summed E-state index contributed by atoms with van der Waals surface area (Å²) in [6.45, 7) is 6.10. The van der Waals surface area contributed by atoms with Gasteiger partial charge in [-0.25, -0.2) is 4.39 Å². The topological polar surface area (TPSA) is 21.3 Å². The molecule has 1 aromatic rings. The third kappa shape index (κ3) is 4.88. The van der Waals surface area contributed by atoms with Gasteiger partial charge in [-0.3, -0.25) is 0 Å². The highest BCUT2D eigenvalue weighted by Crippen LogP contribution is 2.23. The lowest BCUT2D eigenvalue weighted by atomic mass is 9.92. The van der Waals surface area contributed by atoms with Crippen LogP contribution in [0, 0.1) is 11.7 Å². The molecule has 0 aromatic heterocycles. The van der Waals surface area contributed by atoms with Crippen LogP contribution in [0.15, 0.2) is 24.3 Å². The molecule has 112 valence electrons. The molecule has 2 unspecified atom stereocenters. The average molecular weight is 279 g/mol. The molecule has 1 aliphatic heterocycles. The second-order valence-electron chi connectivity index (χ2n) is 6.10. The van der Waals surface area contributed by atoms with E-state index >= 15 is 0 Å². The highest BCUT2D eigenvalue weighted by atomic mass is 19.1. The largest absolute Gasteiger partial charge is 0.378 e. The Labute approximate surface area is 121 Å². The van der Waals surface area contributed by atoms with Crippen molar-refractivity contribution in [2.45, 2.75) is 51.7 Å². The highest BCUT2D eigenvalue weighted by Gasteiger charge is 2.22. The Kier molecular flexibility index (Phi) is 5.99. The number of halogens is 1. The molecule has 0 radical (unpaired) electrons. The maximum absolute atomic E-state index is 13.8. The zero-order valence-electron chi connectivity index (χ0n) is 12.6. The molecule has 0 spiro atoms.